The fourth-order valence-corrected chi connectivity index (χ4v) is 2.23. The van der Waals surface area contributed by atoms with Crippen LogP contribution in [0.1, 0.15) is 18.4 Å². The number of hydrogen-bond donors (Lipinski definition) is 1. The van der Waals surface area contributed by atoms with E-state index in [0.29, 0.717) is 6.04 Å². The molecule has 1 aliphatic carbocycles. The molecular formula is C16H18FN3. The molecule has 1 fully saturated rings. The van der Waals surface area contributed by atoms with Crippen molar-refractivity contribution < 1.29 is 4.39 Å². The van der Waals surface area contributed by atoms with Crippen LogP contribution in [-0.2, 0) is 6.54 Å². The lowest BCUT2D eigenvalue weighted by molar-refractivity contribution is 0.628. The lowest BCUT2D eigenvalue weighted by atomic mass is 10.2. The number of halogens is 1. The lowest BCUT2D eigenvalue weighted by Gasteiger charge is -2.22. The Morgan fingerprint density at radius 3 is 2.70 bits per heavy atom. The summed E-state index contributed by atoms with van der Waals surface area (Å²) in [6, 6.07) is 9.19. The Bertz CT molecular complexity index is 579. The highest BCUT2D eigenvalue weighted by Crippen LogP contribution is 2.27. The maximum atomic E-state index is 13.0. The molecule has 1 aromatic heterocycles. The number of nitrogens with zero attached hydrogens (tertiary/aromatic N) is 2. The predicted molar refractivity (Wildman–Crippen MR) is 78.6 cm³/mol. The van der Waals surface area contributed by atoms with Gasteiger partial charge in [0.25, 0.3) is 0 Å². The molecule has 0 bridgehead atoms. The summed E-state index contributed by atoms with van der Waals surface area (Å²) in [5.41, 5.74) is 3.22. The molecule has 0 unspecified atom stereocenters. The van der Waals surface area contributed by atoms with Crippen molar-refractivity contribution in [2.75, 3.05) is 11.9 Å². The summed E-state index contributed by atoms with van der Waals surface area (Å²) in [5, 5.41) is 3.50. The fraction of sp³-hybridized carbons (Fsp3) is 0.312. The second-order valence-corrected chi connectivity index (χ2v) is 5.19. The van der Waals surface area contributed by atoms with E-state index in [2.05, 4.69) is 15.2 Å². The Hall–Kier alpha value is -1.94. The quantitative estimate of drug-likeness (QED) is 0.905. The minimum absolute atomic E-state index is 0.215. The zero-order chi connectivity index (χ0) is 13.9. The van der Waals surface area contributed by atoms with Gasteiger partial charge in [0.15, 0.2) is 0 Å². The van der Waals surface area contributed by atoms with Gasteiger partial charge >= 0.3 is 0 Å². The van der Waals surface area contributed by atoms with E-state index in [1.54, 1.807) is 18.3 Å². The van der Waals surface area contributed by atoms with Gasteiger partial charge in [-0.05, 0) is 43.2 Å². The molecule has 1 N–H and O–H groups in total. The molecule has 3 nitrogen and oxygen atoms in total. The second-order valence-electron chi connectivity index (χ2n) is 5.19. The van der Waals surface area contributed by atoms with Gasteiger partial charge in [-0.1, -0.05) is 0 Å². The van der Waals surface area contributed by atoms with Gasteiger partial charge < -0.3 is 10.2 Å². The summed E-state index contributed by atoms with van der Waals surface area (Å²) in [7, 11) is 1.99. The third-order valence-electron chi connectivity index (χ3n) is 3.61. The number of nitrogens with one attached hydrogen (secondary N) is 1. The molecule has 20 heavy (non-hydrogen) atoms. The van der Waals surface area contributed by atoms with Crippen molar-refractivity contribution >= 4 is 11.4 Å². The van der Waals surface area contributed by atoms with Crippen LogP contribution in [0.2, 0.25) is 0 Å². The highest BCUT2D eigenvalue weighted by Gasteiger charge is 2.21. The second kappa shape index (κ2) is 5.59. The topological polar surface area (TPSA) is 28.2 Å². The van der Waals surface area contributed by atoms with Crippen LogP contribution in [0.3, 0.4) is 0 Å². The van der Waals surface area contributed by atoms with E-state index < -0.39 is 0 Å². The average molecular weight is 271 g/mol. The number of pyridine rings is 1. The number of hydrogen-bond acceptors (Lipinski definition) is 3. The Morgan fingerprint density at radius 1 is 1.25 bits per heavy atom. The lowest BCUT2D eigenvalue weighted by Crippen LogP contribution is -2.19. The van der Waals surface area contributed by atoms with Gasteiger partial charge in [-0.25, -0.2) is 4.39 Å². The van der Waals surface area contributed by atoms with E-state index >= 15 is 0 Å². The Balaban J connectivity index is 1.82. The van der Waals surface area contributed by atoms with Gasteiger partial charge in [0.1, 0.15) is 5.82 Å². The molecule has 1 saturated carbocycles. The van der Waals surface area contributed by atoms with Crippen molar-refractivity contribution in [2.24, 2.45) is 0 Å². The Morgan fingerprint density at radius 2 is 2.00 bits per heavy atom. The summed E-state index contributed by atoms with van der Waals surface area (Å²) in [6.45, 7) is 0.819. The molecule has 3 rings (SSSR count). The van der Waals surface area contributed by atoms with Crippen LogP contribution >= 0.6 is 0 Å². The molecule has 0 amide bonds. The van der Waals surface area contributed by atoms with Gasteiger partial charge in [0.05, 0.1) is 0 Å². The highest BCUT2D eigenvalue weighted by atomic mass is 19.1. The first-order valence-electron chi connectivity index (χ1n) is 6.89. The van der Waals surface area contributed by atoms with Crippen LogP contribution in [0.5, 0.6) is 0 Å². The molecule has 0 aliphatic heterocycles. The molecule has 1 aliphatic rings. The summed E-state index contributed by atoms with van der Waals surface area (Å²) in [5.74, 6) is -0.215. The summed E-state index contributed by atoms with van der Waals surface area (Å²) in [6.07, 6.45) is 6.22. The Kier molecular flexibility index (Phi) is 3.65. The van der Waals surface area contributed by atoms with Crippen molar-refractivity contribution in [1.29, 1.82) is 0 Å². The normalized spacial score (nSPS) is 14.3. The first-order chi connectivity index (χ1) is 9.74. The molecule has 0 atom stereocenters. The molecular weight excluding hydrogens is 253 g/mol. The van der Waals surface area contributed by atoms with E-state index in [1.165, 1.54) is 25.0 Å². The number of anilines is 2. The van der Waals surface area contributed by atoms with Gasteiger partial charge in [0.2, 0.25) is 0 Å². The zero-order valence-corrected chi connectivity index (χ0v) is 11.5. The van der Waals surface area contributed by atoms with Gasteiger partial charge in [-0.3, -0.25) is 4.98 Å². The van der Waals surface area contributed by atoms with Gasteiger partial charge in [-0.2, -0.15) is 0 Å². The highest BCUT2D eigenvalue weighted by molar-refractivity contribution is 5.65. The fourth-order valence-electron chi connectivity index (χ4n) is 2.23. The van der Waals surface area contributed by atoms with Crippen LogP contribution < -0.4 is 10.2 Å². The van der Waals surface area contributed by atoms with Crippen LogP contribution in [0.4, 0.5) is 15.8 Å². The smallest absolute Gasteiger partial charge is 0.123 e. The molecule has 0 spiro atoms. The number of aromatic nitrogens is 1. The maximum Gasteiger partial charge on any atom is 0.123 e. The molecule has 104 valence electrons. The van der Waals surface area contributed by atoms with Crippen LogP contribution in [0.25, 0.3) is 0 Å². The van der Waals surface area contributed by atoms with Gasteiger partial charge in [-0.15, -0.1) is 0 Å². The van der Waals surface area contributed by atoms with E-state index in [9.17, 15) is 4.39 Å². The third-order valence-corrected chi connectivity index (χ3v) is 3.61. The third kappa shape index (κ3) is 2.96. The summed E-state index contributed by atoms with van der Waals surface area (Å²) in [4.78, 5) is 6.27. The average Bonchev–Trinajstić information content (AvgIpc) is 3.30. The molecule has 0 radical (unpaired) electrons. The molecule has 4 heteroatoms. The predicted octanol–water partition coefficient (Wildman–Crippen LogP) is 3.24. The van der Waals surface area contributed by atoms with Crippen molar-refractivity contribution in [2.45, 2.75) is 25.4 Å². The largest absolute Gasteiger partial charge is 0.344 e. The first kappa shape index (κ1) is 13.1. The van der Waals surface area contributed by atoms with Crippen molar-refractivity contribution in [3.8, 4) is 0 Å². The van der Waals surface area contributed by atoms with E-state index in [1.807, 2.05) is 19.3 Å². The van der Waals surface area contributed by atoms with E-state index in [0.717, 1.165) is 23.5 Å². The standard InChI is InChI=1S/C16H18FN3/c1-20(15-6-2-13(17)3-7-15)16-8-9-18-10-12(16)11-19-14-4-5-14/h2-3,6-10,14,19H,4-5,11H2,1H3. The van der Waals surface area contributed by atoms with Crippen LogP contribution in [-0.4, -0.2) is 18.1 Å². The first-order valence-corrected chi connectivity index (χ1v) is 6.89. The summed E-state index contributed by atoms with van der Waals surface area (Å²) < 4.78 is 13.0. The number of benzene rings is 1. The van der Waals surface area contributed by atoms with Crippen molar-refractivity contribution in [1.82, 2.24) is 10.3 Å². The van der Waals surface area contributed by atoms with Gasteiger partial charge in [0, 0.05) is 49.0 Å². The maximum absolute atomic E-state index is 13.0. The molecule has 2 aromatic rings. The molecule has 0 saturated heterocycles. The monoisotopic (exact) mass is 271 g/mol. The van der Waals surface area contributed by atoms with E-state index in [-0.39, 0.29) is 5.82 Å². The molecule has 1 aromatic carbocycles. The minimum atomic E-state index is -0.215. The van der Waals surface area contributed by atoms with E-state index in [4.69, 9.17) is 0 Å². The van der Waals surface area contributed by atoms with Crippen molar-refractivity contribution in [3.63, 3.8) is 0 Å². The molecule has 1 heterocycles. The minimum Gasteiger partial charge on any atom is -0.344 e. The summed E-state index contributed by atoms with van der Waals surface area (Å²) >= 11 is 0. The Labute approximate surface area is 118 Å². The van der Waals surface area contributed by atoms with Crippen LogP contribution in [0.15, 0.2) is 42.7 Å². The SMILES string of the molecule is CN(c1ccc(F)cc1)c1ccncc1CNC1CC1. The number of rotatable bonds is 5. The van der Waals surface area contributed by atoms with Crippen molar-refractivity contribution in [3.05, 3.63) is 54.1 Å². The zero-order valence-electron chi connectivity index (χ0n) is 11.5. The van der Waals surface area contributed by atoms with Crippen LogP contribution in [0, 0.1) is 5.82 Å².